The van der Waals surface area contributed by atoms with Gasteiger partial charge in [0.15, 0.2) is 0 Å². The number of benzene rings is 2. The van der Waals surface area contributed by atoms with E-state index in [9.17, 15) is 18.0 Å². The van der Waals surface area contributed by atoms with Crippen LogP contribution in [0.2, 0.25) is 0 Å². The number of rotatable bonds is 5. The highest BCUT2D eigenvalue weighted by Gasteiger charge is 2.31. The van der Waals surface area contributed by atoms with Gasteiger partial charge in [-0.15, -0.1) is 13.2 Å². The summed E-state index contributed by atoms with van der Waals surface area (Å²) < 4.78 is 40.6. The van der Waals surface area contributed by atoms with Crippen LogP contribution < -0.4 is 20.7 Å². The van der Waals surface area contributed by atoms with Crippen LogP contribution in [0.1, 0.15) is 30.5 Å². The molecular weight excluding hydrogens is 371 g/mol. The van der Waals surface area contributed by atoms with Crippen molar-refractivity contribution in [1.29, 1.82) is 0 Å². The van der Waals surface area contributed by atoms with Crippen molar-refractivity contribution in [3.8, 4) is 5.75 Å². The lowest BCUT2D eigenvalue weighted by molar-refractivity contribution is -0.274. The number of carbonyl (C=O) groups excluding carboxylic acids is 1. The molecular formula is C20H22F3N3O2. The number of hydrogen-bond acceptors (Lipinski definition) is 4. The van der Waals surface area contributed by atoms with E-state index in [0.717, 1.165) is 36.3 Å². The summed E-state index contributed by atoms with van der Waals surface area (Å²) in [6.45, 7) is 2.73. The first-order valence-electron chi connectivity index (χ1n) is 9.00. The Morgan fingerprint density at radius 1 is 1.25 bits per heavy atom. The van der Waals surface area contributed by atoms with Gasteiger partial charge >= 0.3 is 6.36 Å². The summed E-state index contributed by atoms with van der Waals surface area (Å²) in [6, 6.07) is 10.8. The number of nitrogens with two attached hydrogens (primary N) is 1. The minimum absolute atomic E-state index is 0.168. The van der Waals surface area contributed by atoms with Gasteiger partial charge < -0.3 is 20.7 Å². The third-order valence-electron chi connectivity index (χ3n) is 4.71. The molecule has 1 unspecified atom stereocenters. The third kappa shape index (κ3) is 4.88. The quantitative estimate of drug-likeness (QED) is 0.759. The summed E-state index contributed by atoms with van der Waals surface area (Å²) in [7, 11) is 0. The normalized spacial score (nSPS) is 14.9. The van der Waals surface area contributed by atoms with E-state index in [1.54, 1.807) is 6.92 Å². The average Bonchev–Trinajstić information content (AvgIpc) is 2.62. The van der Waals surface area contributed by atoms with Crippen LogP contribution >= 0.6 is 0 Å². The van der Waals surface area contributed by atoms with Gasteiger partial charge in [-0.3, -0.25) is 4.79 Å². The molecule has 1 atom stereocenters. The van der Waals surface area contributed by atoms with Crippen molar-refractivity contribution in [3.63, 3.8) is 0 Å². The third-order valence-corrected chi connectivity index (χ3v) is 4.71. The van der Waals surface area contributed by atoms with E-state index in [2.05, 4.69) is 10.1 Å². The lowest BCUT2D eigenvalue weighted by Gasteiger charge is -2.31. The highest BCUT2D eigenvalue weighted by atomic mass is 19.4. The summed E-state index contributed by atoms with van der Waals surface area (Å²) in [5.74, 6) is -0.462. The molecule has 0 spiro atoms. The van der Waals surface area contributed by atoms with Gasteiger partial charge in [0.2, 0.25) is 5.91 Å². The number of ether oxygens (including phenoxy) is 1. The summed E-state index contributed by atoms with van der Waals surface area (Å²) >= 11 is 0. The number of amides is 1. The predicted octanol–water partition coefficient (Wildman–Crippen LogP) is 3.80. The zero-order valence-electron chi connectivity index (χ0n) is 15.4. The van der Waals surface area contributed by atoms with Gasteiger partial charge in [-0.2, -0.15) is 0 Å². The molecule has 0 saturated heterocycles. The first-order chi connectivity index (χ1) is 13.2. The molecule has 2 aromatic rings. The van der Waals surface area contributed by atoms with Crippen LogP contribution in [0, 0.1) is 0 Å². The molecule has 8 heteroatoms. The van der Waals surface area contributed by atoms with Crippen LogP contribution in [-0.4, -0.2) is 25.4 Å². The van der Waals surface area contributed by atoms with Gasteiger partial charge in [0, 0.05) is 17.9 Å². The van der Waals surface area contributed by atoms with E-state index < -0.39 is 6.36 Å². The number of carbonyl (C=O) groups is 1. The van der Waals surface area contributed by atoms with Crippen molar-refractivity contribution in [2.75, 3.05) is 23.7 Å². The van der Waals surface area contributed by atoms with E-state index in [1.165, 1.54) is 24.3 Å². The lowest BCUT2D eigenvalue weighted by Crippen LogP contribution is -2.40. The molecule has 1 heterocycles. The Kier molecular flexibility index (Phi) is 5.67. The molecule has 2 aromatic carbocycles. The van der Waals surface area contributed by atoms with Crippen molar-refractivity contribution in [2.24, 2.45) is 0 Å². The number of nitrogen functional groups attached to an aromatic ring is 1. The minimum Gasteiger partial charge on any atom is -0.406 e. The number of anilines is 2. The van der Waals surface area contributed by atoms with E-state index in [0.29, 0.717) is 5.56 Å². The number of nitrogens with zero attached hydrogens (tertiary/aromatic N) is 1. The Balaban J connectivity index is 1.60. The predicted molar refractivity (Wildman–Crippen MR) is 101 cm³/mol. The van der Waals surface area contributed by atoms with Gasteiger partial charge in [0.1, 0.15) is 5.75 Å². The fourth-order valence-corrected chi connectivity index (χ4v) is 3.39. The van der Waals surface area contributed by atoms with E-state index in [1.807, 2.05) is 23.1 Å². The smallest absolute Gasteiger partial charge is 0.406 e. The lowest BCUT2D eigenvalue weighted by atomic mass is 10.00. The summed E-state index contributed by atoms with van der Waals surface area (Å²) in [5.41, 5.74) is 9.49. The maximum atomic E-state index is 12.5. The van der Waals surface area contributed by atoms with E-state index in [4.69, 9.17) is 5.73 Å². The van der Waals surface area contributed by atoms with Crippen molar-refractivity contribution in [2.45, 2.75) is 32.2 Å². The number of fused-ring (bicyclic) bond motifs is 1. The molecule has 1 amide bonds. The first-order valence-corrected chi connectivity index (χ1v) is 9.00. The average molecular weight is 393 g/mol. The summed E-state index contributed by atoms with van der Waals surface area (Å²) in [6.07, 6.45) is -2.91. The van der Waals surface area contributed by atoms with Crippen molar-refractivity contribution in [3.05, 3.63) is 53.6 Å². The van der Waals surface area contributed by atoms with Crippen LogP contribution in [-0.2, 0) is 11.2 Å². The molecule has 0 bridgehead atoms. The first kappa shape index (κ1) is 19.9. The van der Waals surface area contributed by atoms with Crippen molar-refractivity contribution >= 4 is 17.3 Å². The molecule has 3 N–H and O–H groups in total. The Bertz CT molecular complexity index is 838. The fourth-order valence-electron chi connectivity index (χ4n) is 3.39. The van der Waals surface area contributed by atoms with Gasteiger partial charge in [0.25, 0.3) is 0 Å². The second-order valence-electron chi connectivity index (χ2n) is 6.78. The number of hydrogen-bond donors (Lipinski definition) is 2. The molecule has 0 aliphatic carbocycles. The molecule has 1 aliphatic rings. The van der Waals surface area contributed by atoms with Crippen LogP contribution in [0.15, 0.2) is 42.5 Å². The Labute approximate surface area is 161 Å². The largest absolute Gasteiger partial charge is 0.573 e. The van der Waals surface area contributed by atoms with Gasteiger partial charge in [-0.05, 0) is 55.2 Å². The molecule has 0 radical (unpaired) electrons. The van der Waals surface area contributed by atoms with E-state index >= 15 is 0 Å². The van der Waals surface area contributed by atoms with Crippen LogP contribution in [0.3, 0.4) is 0 Å². The maximum Gasteiger partial charge on any atom is 0.573 e. The molecule has 1 aliphatic heterocycles. The van der Waals surface area contributed by atoms with Crippen LogP contribution in [0.4, 0.5) is 24.5 Å². The monoisotopic (exact) mass is 393 g/mol. The summed E-state index contributed by atoms with van der Waals surface area (Å²) in [4.78, 5) is 14.5. The standard InChI is InChI=1S/C20H22F3N3O2/c1-13(14-7-9-15(10-8-14)28-20(21,22)23)25-19(27)12-26-11-3-4-16-17(24)5-2-6-18(16)26/h2,5-10,13H,3-4,11-12,24H2,1H3,(H,25,27). The Morgan fingerprint density at radius 2 is 1.96 bits per heavy atom. The molecule has 150 valence electrons. The van der Waals surface area contributed by atoms with Crippen molar-refractivity contribution < 1.29 is 22.7 Å². The van der Waals surface area contributed by atoms with Gasteiger partial charge in [0.05, 0.1) is 12.6 Å². The molecule has 0 saturated carbocycles. The number of nitrogens with one attached hydrogen (secondary N) is 1. The number of halogens is 3. The SMILES string of the molecule is CC(NC(=O)CN1CCCc2c(N)cccc21)c1ccc(OC(F)(F)F)cc1. The minimum atomic E-state index is -4.73. The zero-order valence-corrected chi connectivity index (χ0v) is 15.4. The highest BCUT2D eigenvalue weighted by molar-refractivity contribution is 5.83. The zero-order chi connectivity index (χ0) is 20.3. The molecule has 0 fully saturated rings. The highest BCUT2D eigenvalue weighted by Crippen LogP contribution is 2.31. The number of alkyl halides is 3. The molecule has 5 nitrogen and oxygen atoms in total. The van der Waals surface area contributed by atoms with E-state index in [-0.39, 0.29) is 24.2 Å². The second kappa shape index (κ2) is 8.00. The fraction of sp³-hybridized carbons (Fsp3) is 0.350. The molecule has 3 rings (SSSR count). The van der Waals surface area contributed by atoms with Crippen molar-refractivity contribution in [1.82, 2.24) is 5.32 Å². The maximum absolute atomic E-state index is 12.5. The van der Waals surface area contributed by atoms with Gasteiger partial charge in [-0.25, -0.2) is 0 Å². The van der Waals surface area contributed by atoms with Crippen LogP contribution in [0.25, 0.3) is 0 Å². The Morgan fingerprint density at radius 3 is 2.64 bits per heavy atom. The summed E-state index contributed by atoms with van der Waals surface area (Å²) in [5, 5.41) is 2.88. The Hall–Kier alpha value is -2.90. The molecule has 28 heavy (non-hydrogen) atoms. The topological polar surface area (TPSA) is 67.6 Å². The second-order valence-corrected chi connectivity index (χ2v) is 6.78. The molecule has 0 aromatic heterocycles. The van der Waals surface area contributed by atoms with Crippen LogP contribution in [0.5, 0.6) is 5.75 Å². The van der Waals surface area contributed by atoms with Gasteiger partial charge in [-0.1, -0.05) is 18.2 Å².